The molecular weight excluding hydrogens is 212 g/mol. The SMILES string of the molecule is CC(C)CCOc1ccc(OCC(C)C)cc1. The summed E-state index contributed by atoms with van der Waals surface area (Å²) in [6, 6.07) is 7.87. The highest BCUT2D eigenvalue weighted by Crippen LogP contribution is 2.18. The van der Waals surface area contributed by atoms with Gasteiger partial charge in [-0.05, 0) is 42.5 Å². The Morgan fingerprint density at radius 1 is 0.824 bits per heavy atom. The van der Waals surface area contributed by atoms with E-state index in [0.717, 1.165) is 31.1 Å². The highest BCUT2D eigenvalue weighted by molar-refractivity contribution is 5.31. The van der Waals surface area contributed by atoms with Gasteiger partial charge in [0.15, 0.2) is 0 Å². The van der Waals surface area contributed by atoms with Gasteiger partial charge < -0.3 is 9.47 Å². The van der Waals surface area contributed by atoms with Crippen molar-refractivity contribution in [3.8, 4) is 11.5 Å². The molecule has 0 saturated carbocycles. The Bertz CT molecular complexity index is 301. The zero-order valence-corrected chi connectivity index (χ0v) is 11.4. The maximum atomic E-state index is 5.64. The Hall–Kier alpha value is -1.18. The first-order valence-electron chi connectivity index (χ1n) is 6.43. The van der Waals surface area contributed by atoms with E-state index in [0.29, 0.717) is 11.8 Å². The standard InChI is InChI=1S/C15H24O2/c1-12(2)9-10-16-14-5-7-15(8-6-14)17-11-13(3)4/h5-8,12-13H,9-11H2,1-4H3. The van der Waals surface area contributed by atoms with Crippen molar-refractivity contribution in [1.29, 1.82) is 0 Å². The minimum Gasteiger partial charge on any atom is -0.494 e. The van der Waals surface area contributed by atoms with E-state index >= 15 is 0 Å². The molecule has 1 aromatic rings. The van der Waals surface area contributed by atoms with Gasteiger partial charge >= 0.3 is 0 Å². The van der Waals surface area contributed by atoms with E-state index in [1.165, 1.54) is 0 Å². The maximum Gasteiger partial charge on any atom is 0.119 e. The predicted molar refractivity (Wildman–Crippen MR) is 71.7 cm³/mol. The molecule has 0 N–H and O–H groups in total. The van der Waals surface area contributed by atoms with Crippen molar-refractivity contribution in [3.05, 3.63) is 24.3 Å². The van der Waals surface area contributed by atoms with Crippen LogP contribution in [0.3, 0.4) is 0 Å². The summed E-state index contributed by atoms with van der Waals surface area (Å²) in [5, 5.41) is 0. The van der Waals surface area contributed by atoms with Crippen LogP contribution in [-0.2, 0) is 0 Å². The van der Waals surface area contributed by atoms with Crippen LogP contribution in [0.15, 0.2) is 24.3 Å². The molecule has 0 aliphatic carbocycles. The van der Waals surface area contributed by atoms with Gasteiger partial charge in [0, 0.05) is 0 Å². The molecule has 0 bridgehead atoms. The van der Waals surface area contributed by atoms with E-state index in [9.17, 15) is 0 Å². The van der Waals surface area contributed by atoms with Crippen LogP contribution in [-0.4, -0.2) is 13.2 Å². The van der Waals surface area contributed by atoms with E-state index in [1.54, 1.807) is 0 Å². The van der Waals surface area contributed by atoms with Crippen molar-refractivity contribution in [2.75, 3.05) is 13.2 Å². The Morgan fingerprint density at radius 2 is 1.35 bits per heavy atom. The molecule has 0 heterocycles. The molecule has 2 nitrogen and oxygen atoms in total. The van der Waals surface area contributed by atoms with Crippen LogP contribution in [0.1, 0.15) is 34.1 Å². The smallest absolute Gasteiger partial charge is 0.119 e. The third kappa shape index (κ3) is 6.20. The highest BCUT2D eigenvalue weighted by Gasteiger charge is 1.99. The van der Waals surface area contributed by atoms with Crippen LogP contribution in [0.2, 0.25) is 0 Å². The van der Waals surface area contributed by atoms with Crippen molar-refractivity contribution in [3.63, 3.8) is 0 Å². The van der Waals surface area contributed by atoms with E-state index in [2.05, 4.69) is 27.7 Å². The van der Waals surface area contributed by atoms with Crippen molar-refractivity contribution < 1.29 is 9.47 Å². The van der Waals surface area contributed by atoms with Crippen LogP contribution >= 0.6 is 0 Å². The summed E-state index contributed by atoms with van der Waals surface area (Å²) in [5.74, 6) is 3.07. The van der Waals surface area contributed by atoms with Gasteiger partial charge in [-0.15, -0.1) is 0 Å². The lowest BCUT2D eigenvalue weighted by molar-refractivity contribution is 0.268. The molecule has 1 aromatic carbocycles. The summed E-state index contributed by atoms with van der Waals surface area (Å²) in [4.78, 5) is 0. The molecule has 0 radical (unpaired) electrons. The first-order valence-corrected chi connectivity index (χ1v) is 6.43. The van der Waals surface area contributed by atoms with E-state index in [1.807, 2.05) is 24.3 Å². The molecule has 2 heteroatoms. The Morgan fingerprint density at radius 3 is 1.82 bits per heavy atom. The van der Waals surface area contributed by atoms with Gasteiger partial charge in [-0.3, -0.25) is 0 Å². The van der Waals surface area contributed by atoms with Crippen molar-refractivity contribution in [1.82, 2.24) is 0 Å². The average Bonchev–Trinajstić information content (AvgIpc) is 2.27. The zero-order chi connectivity index (χ0) is 12.7. The Balaban J connectivity index is 2.34. The molecule has 0 fully saturated rings. The summed E-state index contributed by atoms with van der Waals surface area (Å²) in [7, 11) is 0. The van der Waals surface area contributed by atoms with Crippen molar-refractivity contribution >= 4 is 0 Å². The van der Waals surface area contributed by atoms with Crippen LogP contribution < -0.4 is 9.47 Å². The summed E-state index contributed by atoms with van der Waals surface area (Å²) in [6.45, 7) is 10.2. The third-order valence-electron chi connectivity index (χ3n) is 2.37. The molecule has 17 heavy (non-hydrogen) atoms. The second-order valence-electron chi connectivity index (χ2n) is 5.21. The normalized spacial score (nSPS) is 10.9. The van der Waals surface area contributed by atoms with E-state index in [4.69, 9.17) is 9.47 Å². The molecule has 1 rings (SSSR count). The second kappa shape index (κ2) is 7.21. The molecule has 0 amide bonds. The van der Waals surface area contributed by atoms with Crippen molar-refractivity contribution in [2.45, 2.75) is 34.1 Å². The molecule has 0 atom stereocenters. The molecule has 0 aliphatic rings. The van der Waals surface area contributed by atoms with Gasteiger partial charge in [0.2, 0.25) is 0 Å². The minimum absolute atomic E-state index is 0.553. The van der Waals surface area contributed by atoms with Gasteiger partial charge in [0.05, 0.1) is 13.2 Å². The lowest BCUT2D eigenvalue weighted by Crippen LogP contribution is -2.04. The molecule has 0 spiro atoms. The van der Waals surface area contributed by atoms with Gasteiger partial charge in [-0.1, -0.05) is 27.7 Å². The van der Waals surface area contributed by atoms with E-state index < -0.39 is 0 Å². The molecule has 0 aliphatic heterocycles. The largest absolute Gasteiger partial charge is 0.494 e. The fourth-order valence-corrected chi connectivity index (χ4v) is 1.31. The van der Waals surface area contributed by atoms with Gasteiger partial charge in [-0.25, -0.2) is 0 Å². The quantitative estimate of drug-likeness (QED) is 0.708. The predicted octanol–water partition coefficient (Wildman–Crippen LogP) is 4.15. The lowest BCUT2D eigenvalue weighted by atomic mass is 10.1. The molecule has 0 saturated heterocycles. The van der Waals surface area contributed by atoms with Gasteiger partial charge in [0.25, 0.3) is 0 Å². The highest BCUT2D eigenvalue weighted by atomic mass is 16.5. The minimum atomic E-state index is 0.553. The summed E-state index contributed by atoms with van der Waals surface area (Å²) in [6.07, 6.45) is 1.09. The fraction of sp³-hybridized carbons (Fsp3) is 0.600. The molecule has 0 aromatic heterocycles. The van der Waals surface area contributed by atoms with Crippen molar-refractivity contribution in [2.24, 2.45) is 11.8 Å². The van der Waals surface area contributed by atoms with Gasteiger partial charge in [-0.2, -0.15) is 0 Å². The first-order chi connectivity index (χ1) is 8.08. The number of hydrogen-bond acceptors (Lipinski definition) is 2. The van der Waals surface area contributed by atoms with Crippen LogP contribution in [0, 0.1) is 11.8 Å². The average molecular weight is 236 g/mol. The molecule has 96 valence electrons. The first kappa shape index (κ1) is 13.9. The number of hydrogen-bond donors (Lipinski definition) is 0. The van der Waals surface area contributed by atoms with Gasteiger partial charge in [0.1, 0.15) is 11.5 Å². The molecule has 0 unspecified atom stereocenters. The Labute approximate surface area is 105 Å². The zero-order valence-electron chi connectivity index (χ0n) is 11.4. The number of ether oxygens (including phenoxy) is 2. The molecular formula is C15H24O2. The summed E-state index contributed by atoms with van der Waals surface area (Å²) in [5.41, 5.74) is 0. The lowest BCUT2D eigenvalue weighted by Gasteiger charge is -2.10. The monoisotopic (exact) mass is 236 g/mol. The number of rotatable bonds is 7. The van der Waals surface area contributed by atoms with Crippen LogP contribution in [0.25, 0.3) is 0 Å². The third-order valence-corrected chi connectivity index (χ3v) is 2.37. The Kier molecular flexibility index (Phi) is 5.88. The second-order valence-corrected chi connectivity index (χ2v) is 5.21. The maximum absolute atomic E-state index is 5.64. The summed E-state index contributed by atoms with van der Waals surface area (Å²) < 4.78 is 11.3. The van der Waals surface area contributed by atoms with Crippen LogP contribution in [0.5, 0.6) is 11.5 Å². The fourth-order valence-electron chi connectivity index (χ4n) is 1.31. The van der Waals surface area contributed by atoms with Crippen LogP contribution in [0.4, 0.5) is 0 Å². The van der Waals surface area contributed by atoms with E-state index in [-0.39, 0.29) is 0 Å². The summed E-state index contributed by atoms with van der Waals surface area (Å²) >= 11 is 0. The topological polar surface area (TPSA) is 18.5 Å². The number of benzene rings is 1.